The van der Waals surface area contributed by atoms with Crippen molar-refractivity contribution in [3.05, 3.63) is 34.8 Å². The molecule has 1 aromatic carbocycles. The molecule has 0 atom stereocenters. The highest BCUT2D eigenvalue weighted by atomic mass is 32.1. The van der Waals surface area contributed by atoms with E-state index in [1.807, 2.05) is 24.3 Å². The zero-order chi connectivity index (χ0) is 20.2. The maximum Gasteiger partial charge on any atom is 0.322 e. The zero-order valence-electron chi connectivity index (χ0n) is 16.4. The molecule has 4 rings (SSSR count). The lowest BCUT2D eigenvalue weighted by molar-refractivity contribution is 0.207. The van der Waals surface area contributed by atoms with Gasteiger partial charge in [0.15, 0.2) is 5.13 Å². The van der Waals surface area contributed by atoms with Crippen LogP contribution in [0.5, 0.6) is 5.75 Å². The van der Waals surface area contributed by atoms with E-state index in [1.165, 1.54) is 24.2 Å². The number of benzene rings is 1. The Balaban J connectivity index is 1.33. The summed E-state index contributed by atoms with van der Waals surface area (Å²) in [6, 6.07) is 7.15. The molecule has 1 fully saturated rings. The number of methoxy groups -OCH3 is 1. The number of ether oxygens (including phenoxy) is 1. The van der Waals surface area contributed by atoms with Gasteiger partial charge in [0.1, 0.15) is 5.75 Å². The van der Waals surface area contributed by atoms with Crippen molar-refractivity contribution in [1.82, 2.24) is 15.2 Å². The summed E-state index contributed by atoms with van der Waals surface area (Å²) >= 11 is 1.43. The third-order valence-electron chi connectivity index (χ3n) is 5.27. The van der Waals surface area contributed by atoms with Gasteiger partial charge in [0.2, 0.25) is 0 Å². The van der Waals surface area contributed by atoms with Crippen LogP contribution < -0.4 is 20.7 Å². The molecule has 8 nitrogen and oxygen atoms in total. The van der Waals surface area contributed by atoms with Gasteiger partial charge in [-0.15, -0.1) is 0 Å². The van der Waals surface area contributed by atoms with E-state index in [-0.39, 0.29) is 18.1 Å². The summed E-state index contributed by atoms with van der Waals surface area (Å²) < 4.78 is 5.13. The lowest BCUT2D eigenvalue weighted by Crippen LogP contribution is -2.38. The fourth-order valence-corrected chi connectivity index (χ4v) is 4.71. The predicted octanol–water partition coefficient (Wildman–Crippen LogP) is 3.81. The van der Waals surface area contributed by atoms with Crippen LogP contribution >= 0.6 is 11.3 Å². The van der Waals surface area contributed by atoms with E-state index in [9.17, 15) is 9.59 Å². The van der Waals surface area contributed by atoms with Crippen molar-refractivity contribution in [3.63, 3.8) is 0 Å². The number of thiazole rings is 1. The van der Waals surface area contributed by atoms with Crippen molar-refractivity contribution in [2.75, 3.05) is 24.3 Å². The second-order valence-electron chi connectivity index (χ2n) is 7.30. The fraction of sp³-hybridized carbons (Fsp3) is 0.450. The quantitative estimate of drug-likeness (QED) is 0.708. The number of amides is 4. The fourth-order valence-electron chi connectivity index (χ4n) is 3.69. The molecule has 1 aliphatic carbocycles. The van der Waals surface area contributed by atoms with Crippen LogP contribution in [0.25, 0.3) is 0 Å². The Hall–Kier alpha value is -2.81. The molecule has 154 valence electrons. The highest BCUT2D eigenvalue weighted by Gasteiger charge is 2.25. The molecule has 3 N–H and O–H groups in total. The Kier molecular flexibility index (Phi) is 5.84. The van der Waals surface area contributed by atoms with Crippen molar-refractivity contribution >= 4 is 34.2 Å². The number of anilines is 2. The van der Waals surface area contributed by atoms with Crippen molar-refractivity contribution in [3.8, 4) is 5.75 Å². The van der Waals surface area contributed by atoms with Crippen molar-refractivity contribution in [2.45, 2.75) is 44.7 Å². The Bertz CT molecular complexity index is 877. The van der Waals surface area contributed by atoms with E-state index in [2.05, 4.69) is 20.9 Å². The minimum atomic E-state index is -0.197. The van der Waals surface area contributed by atoms with Gasteiger partial charge >= 0.3 is 12.1 Å². The van der Waals surface area contributed by atoms with Gasteiger partial charge in [0, 0.05) is 29.6 Å². The molecule has 4 amide bonds. The van der Waals surface area contributed by atoms with Gasteiger partial charge in [-0.2, -0.15) is 0 Å². The second kappa shape index (κ2) is 8.69. The molecular weight excluding hydrogens is 390 g/mol. The molecule has 2 heterocycles. The Labute approximate surface area is 173 Å². The first-order valence-electron chi connectivity index (χ1n) is 9.87. The smallest absolute Gasteiger partial charge is 0.322 e. The lowest BCUT2D eigenvalue weighted by atomic mass is 10.2. The number of nitrogens with zero attached hydrogens (tertiary/aromatic N) is 2. The molecule has 0 bridgehead atoms. The molecule has 9 heteroatoms. The second-order valence-corrected chi connectivity index (χ2v) is 8.38. The normalized spacial score (nSPS) is 16.2. The van der Waals surface area contributed by atoms with Crippen molar-refractivity contribution in [2.24, 2.45) is 0 Å². The number of urea groups is 2. The number of fused-ring (bicyclic) bond motifs is 1. The molecule has 29 heavy (non-hydrogen) atoms. The van der Waals surface area contributed by atoms with Crippen LogP contribution in [-0.2, 0) is 13.0 Å². The maximum absolute atomic E-state index is 12.6. The largest absolute Gasteiger partial charge is 0.497 e. The zero-order valence-corrected chi connectivity index (χ0v) is 17.2. The van der Waals surface area contributed by atoms with Crippen LogP contribution in [0.3, 0.4) is 0 Å². The summed E-state index contributed by atoms with van der Waals surface area (Å²) in [7, 11) is 1.61. The average Bonchev–Trinajstić information content (AvgIpc) is 3.36. The first-order chi connectivity index (χ1) is 14.1. The topological polar surface area (TPSA) is 95.6 Å². The van der Waals surface area contributed by atoms with Gasteiger partial charge in [0.25, 0.3) is 0 Å². The monoisotopic (exact) mass is 415 g/mol. The Morgan fingerprint density at radius 3 is 2.66 bits per heavy atom. The minimum Gasteiger partial charge on any atom is -0.497 e. The summed E-state index contributed by atoms with van der Waals surface area (Å²) in [5, 5.41) is 9.35. The molecule has 1 saturated carbocycles. The van der Waals surface area contributed by atoms with Gasteiger partial charge in [-0.3, -0.25) is 5.32 Å². The number of hydrogen-bond acceptors (Lipinski definition) is 5. The lowest BCUT2D eigenvalue weighted by Gasteiger charge is -2.26. The van der Waals surface area contributed by atoms with Gasteiger partial charge in [0.05, 0.1) is 19.3 Å². The summed E-state index contributed by atoms with van der Waals surface area (Å²) in [6.07, 6.45) is 5.10. The molecular formula is C20H25N5O3S. The van der Waals surface area contributed by atoms with Gasteiger partial charge in [-0.05, 0) is 37.1 Å². The first-order valence-corrected chi connectivity index (χ1v) is 10.7. The van der Waals surface area contributed by atoms with Crippen LogP contribution in [0.2, 0.25) is 0 Å². The molecule has 0 radical (unpaired) electrons. The maximum atomic E-state index is 12.6. The first kappa shape index (κ1) is 19.5. The van der Waals surface area contributed by atoms with E-state index in [0.29, 0.717) is 24.6 Å². The van der Waals surface area contributed by atoms with E-state index >= 15 is 0 Å². The van der Waals surface area contributed by atoms with Gasteiger partial charge in [-0.25, -0.2) is 14.6 Å². The number of nitrogens with one attached hydrogen (secondary N) is 3. The predicted molar refractivity (Wildman–Crippen MR) is 113 cm³/mol. The van der Waals surface area contributed by atoms with Crippen LogP contribution in [0.1, 0.15) is 36.3 Å². The van der Waals surface area contributed by atoms with Crippen LogP contribution in [0.4, 0.5) is 20.4 Å². The standard InChI is InChI=1S/C20H25N5O3S/c1-28-15-8-6-14(7-9-15)22-20(27)25-11-10-16-17(12-25)29-19(23-16)24-18(26)21-13-4-2-3-5-13/h6-9,13H,2-5,10-12H2,1H3,(H,22,27)(H2,21,23,24,26). The number of carbonyl (C=O) groups is 2. The molecule has 1 aromatic heterocycles. The summed E-state index contributed by atoms with van der Waals surface area (Å²) in [5.41, 5.74) is 1.68. The minimum absolute atomic E-state index is 0.150. The number of carbonyl (C=O) groups excluding carboxylic acids is 2. The summed E-state index contributed by atoms with van der Waals surface area (Å²) in [6.45, 7) is 1.08. The van der Waals surface area contributed by atoms with Gasteiger partial charge < -0.3 is 20.3 Å². The molecule has 0 spiro atoms. The summed E-state index contributed by atoms with van der Waals surface area (Å²) in [4.78, 5) is 32.1. The SMILES string of the molecule is COc1ccc(NC(=O)N2CCc3nc(NC(=O)NC4CCCC4)sc3C2)cc1. The van der Waals surface area contributed by atoms with E-state index in [1.54, 1.807) is 12.0 Å². The molecule has 1 aliphatic heterocycles. The molecule has 2 aromatic rings. The van der Waals surface area contributed by atoms with E-state index < -0.39 is 0 Å². The highest BCUT2D eigenvalue weighted by Crippen LogP contribution is 2.29. The molecule has 0 saturated heterocycles. The van der Waals surface area contributed by atoms with Crippen molar-refractivity contribution in [1.29, 1.82) is 0 Å². The molecule has 0 unspecified atom stereocenters. The number of hydrogen-bond donors (Lipinski definition) is 3. The Morgan fingerprint density at radius 2 is 1.93 bits per heavy atom. The third kappa shape index (κ3) is 4.79. The third-order valence-corrected chi connectivity index (χ3v) is 6.27. The van der Waals surface area contributed by atoms with E-state index in [4.69, 9.17) is 4.74 Å². The number of aromatic nitrogens is 1. The van der Waals surface area contributed by atoms with Crippen LogP contribution in [-0.4, -0.2) is 41.6 Å². The van der Waals surface area contributed by atoms with Crippen LogP contribution in [0.15, 0.2) is 24.3 Å². The van der Waals surface area contributed by atoms with Crippen molar-refractivity contribution < 1.29 is 14.3 Å². The Morgan fingerprint density at radius 1 is 1.17 bits per heavy atom. The average molecular weight is 416 g/mol. The van der Waals surface area contributed by atoms with E-state index in [0.717, 1.165) is 34.8 Å². The summed E-state index contributed by atoms with van der Waals surface area (Å²) in [5.74, 6) is 0.743. The highest BCUT2D eigenvalue weighted by molar-refractivity contribution is 7.15. The van der Waals surface area contributed by atoms with Crippen LogP contribution in [0, 0.1) is 0 Å². The molecule has 2 aliphatic rings. The van der Waals surface area contributed by atoms with Gasteiger partial charge in [-0.1, -0.05) is 24.2 Å². The number of rotatable bonds is 4.